The van der Waals surface area contributed by atoms with Crippen molar-refractivity contribution in [2.45, 2.75) is 51.6 Å². The standard InChI is InChI=1S/C22H30FN3O5S/c1-15(2)14-31-19-13-17(7-8-18(19)23)22(9-10-22)25-32(29,30)12-6-4-5-11-26-16(3)20(27)24-21(26)28/h4-5,7-8,13,15-16,25H,6,9-12,14H2,1-3H3,(H,24,27,28)/b5-4+/t16-/m1/s1. The van der Waals surface area contributed by atoms with Gasteiger partial charge in [-0.2, -0.15) is 0 Å². The number of hydrogen-bond donors (Lipinski definition) is 2. The van der Waals surface area contributed by atoms with Gasteiger partial charge in [0, 0.05) is 6.54 Å². The first-order valence-corrected chi connectivity index (χ1v) is 12.4. The molecule has 0 radical (unpaired) electrons. The molecule has 0 bridgehead atoms. The quantitative estimate of drug-likeness (QED) is 0.385. The summed E-state index contributed by atoms with van der Waals surface area (Å²) in [4.78, 5) is 24.5. The number of allylic oxidation sites excluding steroid dienone is 1. The Morgan fingerprint density at radius 3 is 2.62 bits per heavy atom. The number of benzene rings is 1. The van der Waals surface area contributed by atoms with Crippen LogP contribution in [0.1, 0.15) is 45.6 Å². The van der Waals surface area contributed by atoms with Crippen LogP contribution in [-0.4, -0.2) is 50.2 Å². The Kier molecular flexibility index (Phi) is 7.24. The summed E-state index contributed by atoms with van der Waals surface area (Å²) in [5, 5.41) is 2.23. The normalized spacial score (nSPS) is 20.3. The summed E-state index contributed by atoms with van der Waals surface area (Å²) in [7, 11) is -3.59. The van der Waals surface area contributed by atoms with Gasteiger partial charge in [-0.3, -0.25) is 10.1 Å². The van der Waals surface area contributed by atoms with E-state index in [0.29, 0.717) is 25.0 Å². The molecule has 1 saturated carbocycles. The summed E-state index contributed by atoms with van der Waals surface area (Å²) >= 11 is 0. The van der Waals surface area contributed by atoms with Crippen LogP contribution in [0.3, 0.4) is 0 Å². The fourth-order valence-electron chi connectivity index (χ4n) is 3.46. The first-order valence-electron chi connectivity index (χ1n) is 10.7. The van der Waals surface area contributed by atoms with E-state index >= 15 is 0 Å². The molecule has 1 aromatic rings. The molecule has 2 aliphatic rings. The van der Waals surface area contributed by atoms with Crippen LogP contribution in [0.25, 0.3) is 0 Å². The molecular formula is C22H30FN3O5S. The molecular weight excluding hydrogens is 437 g/mol. The van der Waals surface area contributed by atoms with E-state index < -0.39 is 33.5 Å². The highest BCUT2D eigenvalue weighted by molar-refractivity contribution is 7.89. The van der Waals surface area contributed by atoms with Crippen LogP contribution in [0.4, 0.5) is 9.18 Å². The zero-order valence-corrected chi connectivity index (χ0v) is 19.4. The third-order valence-corrected chi connectivity index (χ3v) is 6.99. The summed E-state index contributed by atoms with van der Waals surface area (Å²) in [6.45, 7) is 6.16. The van der Waals surface area contributed by atoms with Crippen molar-refractivity contribution in [2.24, 2.45) is 5.92 Å². The zero-order chi connectivity index (χ0) is 23.5. The number of sulfonamides is 1. The monoisotopic (exact) mass is 467 g/mol. The second-order valence-electron chi connectivity index (χ2n) is 8.74. The van der Waals surface area contributed by atoms with Crippen molar-refractivity contribution in [1.29, 1.82) is 0 Å². The lowest BCUT2D eigenvalue weighted by atomic mass is 10.1. The lowest BCUT2D eigenvalue weighted by molar-refractivity contribution is -0.120. The van der Waals surface area contributed by atoms with Crippen molar-refractivity contribution >= 4 is 22.0 Å². The lowest BCUT2D eigenvalue weighted by Gasteiger charge is -2.19. The molecule has 0 spiro atoms. The number of carbonyl (C=O) groups is 2. The van der Waals surface area contributed by atoms with Gasteiger partial charge in [0.1, 0.15) is 6.04 Å². The first-order chi connectivity index (χ1) is 15.0. The Balaban J connectivity index is 1.55. The number of nitrogens with one attached hydrogen (secondary N) is 2. The van der Waals surface area contributed by atoms with Crippen LogP contribution >= 0.6 is 0 Å². The number of amides is 3. The summed E-state index contributed by atoms with van der Waals surface area (Å²) in [5.74, 6) is -0.570. The molecule has 2 N–H and O–H groups in total. The van der Waals surface area contributed by atoms with Crippen LogP contribution in [-0.2, 0) is 20.4 Å². The molecule has 32 heavy (non-hydrogen) atoms. The van der Waals surface area contributed by atoms with Gasteiger partial charge in [0.05, 0.1) is 17.9 Å². The smallest absolute Gasteiger partial charge is 0.325 e. The van der Waals surface area contributed by atoms with E-state index in [1.165, 1.54) is 11.0 Å². The minimum atomic E-state index is -3.59. The minimum absolute atomic E-state index is 0.121. The van der Waals surface area contributed by atoms with Gasteiger partial charge in [-0.25, -0.2) is 22.3 Å². The summed E-state index contributed by atoms with van der Waals surface area (Å²) in [5.41, 5.74) is -0.0363. The third kappa shape index (κ3) is 5.86. The molecule has 3 rings (SSSR count). The van der Waals surface area contributed by atoms with Crippen LogP contribution in [0.15, 0.2) is 30.4 Å². The zero-order valence-electron chi connectivity index (χ0n) is 18.6. The summed E-state index contributed by atoms with van der Waals surface area (Å²) < 4.78 is 47.6. The van der Waals surface area contributed by atoms with E-state index in [2.05, 4.69) is 10.0 Å². The van der Waals surface area contributed by atoms with E-state index in [1.54, 1.807) is 31.2 Å². The average Bonchev–Trinajstić information content (AvgIpc) is 3.43. The topological polar surface area (TPSA) is 105 Å². The predicted molar refractivity (Wildman–Crippen MR) is 118 cm³/mol. The molecule has 8 nitrogen and oxygen atoms in total. The second-order valence-corrected chi connectivity index (χ2v) is 10.6. The Hall–Kier alpha value is -2.46. The molecule has 10 heteroatoms. The van der Waals surface area contributed by atoms with Gasteiger partial charge in [-0.05, 0) is 49.8 Å². The number of ether oxygens (including phenoxy) is 1. The maximum Gasteiger partial charge on any atom is 0.325 e. The van der Waals surface area contributed by atoms with Crippen LogP contribution in [0, 0.1) is 11.7 Å². The molecule has 1 heterocycles. The second kappa shape index (κ2) is 9.58. The fraction of sp³-hybridized carbons (Fsp3) is 0.545. The molecule has 1 aliphatic carbocycles. The highest BCUT2D eigenvalue weighted by Gasteiger charge is 2.47. The van der Waals surface area contributed by atoms with E-state index in [0.717, 1.165) is 0 Å². The minimum Gasteiger partial charge on any atom is -0.490 e. The Morgan fingerprint density at radius 1 is 1.31 bits per heavy atom. The van der Waals surface area contributed by atoms with Crippen molar-refractivity contribution < 1.29 is 27.1 Å². The van der Waals surface area contributed by atoms with Crippen LogP contribution < -0.4 is 14.8 Å². The van der Waals surface area contributed by atoms with Gasteiger partial charge in [0.15, 0.2) is 11.6 Å². The number of hydrogen-bond acceptors (Lipinski definition) is 5. The highest BCUT2D eigenvalue weighted by atomic mass is 32.2. The van der Waals surface area contributed by atoms with Crippen molar-refractivity contribution in [1.82, 2.24) is 14.9 Å². The van der Waals surface area contributed by atoms with Crippen molar-refractivity contribution in [3.63, 3.8) is 0 Å². The van der Waals surface area contributed by atoms with Crippen molar-refractivity contribution in [3.05, 3.63) is 41.7 Å². The Bertz CT molecular complexity index is 1000. The fourth-order valence-corrected chi connectivity index (χ4v) is 4.93. The van der Waals surface area contributed by atoms with Crippen molar-refractivity contribution in [2.75, 3.05) is 18.9 Å². The number of carbonyl (C=O) groups excluding carboxylic acids is 2. The largest absolute Gasteiger partial charge is 0.490 e. The van der Waals surface area contributed by atoms with Gasteiger partial charge >= 0.3 is 6.03 Å². The van der Waals surface area contributed by atoms with Gasteiger partial charge in [-0.15, -0.1) is 0 Å². The van der Waals surface area contributed by atoms with Crippen LogP contribution in [0.5, 0.6) is 5.75 Å². The molecule has 1 saturated heterocycles. The van der Waals surface area contributed by atoms with Gasteiger partial charge in [0.2, 0.25) is 10.0 Å². The van der Waals surface area contributed by atoms with E-state index in [-0.39, 0.29) is 36.3 Å². The SMILES string of the molecule is CC(C)COc1cc(C2(NS(=O)(=O)CC/C=C/CN3C(=O)NC(=O)[C@H]3C)CC2)ccc1F. The molecule has 1 aromatic carbocycles. The molecule has 0 unspecified atom stereocenters. The number of imide groups is 1. The van der Waals surface area contributed by atoms with E-state index in [1.807, 2.05) is 13.8 Å². The molecule has 1 aliphatic heterocycles. The summed E-state index contributed by atoms with van der Waals surface area (Å²) in [6, 6.07) is 3.49. The van der Waals surface area contributed by atoms with E-state index in [9.17, 15) is 22.4 Å². The number of rotatable bonds is 11. The Labute approximate surface area is 188 Å². The van der Waals surface area contributed by atoms with Gasteiger partial charge < -0.3 is 9.64 Å². The molecule has 3 amide bonds. The van der Waals surface area contributed by atoms with Crippen LogP contribution in [0.2, 0.25) is 0 Å². The van der Waals surface area contributed by atoms with Crippen molar-refractivity contribution in [3.8, 4) is 5.75 Å². The maximum absolute atomic E-state index is 14.1. The highest BCUT2D eigenvalue weighted by Crippen LogP contribution is 2.47. The Morgan fingerprint density at radius 2 is 2.03 bits per heavy atom. The molecule has 2 fully saturated rings. The number of urea groups is 1. The lowest BCUT2D eigenvalue weighted by Crippen LogP contribution is -2.36. The number of nitrogens with zero attached hydrogens (tertiary/aromatic N) is 1. The van der Waals surface area contributed by atoms with E-state index in [4.69, 9.17) is 4.74 Å². The average molecular weight is 468 g/mol. The predicted octanol–water partition coefficient (Wildman–Crippen LogP) is 2.66. The third-order valence-electron chi connectivity index (χ3n) is 5.52. The number of halogens is 1. The summed E-state index contributed by atoms with van der Waals surface area (Å²) in [6.07, 6.45) is 4.88. The molecule has 0 aromatic heterocycles. The molecule has 176 valence electrons. The van der Waals surface area contributed by atoms with Gasteiger partial charge in [-0.1, -0.05) is 32.1 Å². The molecule has 1 atom stereocenters. The van der Waals surface area contributed by atoms with Gasteiger partial charge in [0.25, 0.3) is 5.91 Å². The first kappa shape index (κ1) is 24.2. The maximum atomic E-state index is 14.1.